The van der Waals surface area contributed by atoms with Gasteiger partial charge in [0.15, 0.2) is 0 Å². The van der Waals surface area contributed by atoms with Crippen molar-refractivity contribution in [3.05, 3.63) is 71.3 Å². The molecule has 2 aromatic rings. The molecule has 1 saturated heterocycles. The molecule has 0 aromatic heterocycles. The van der Waals surface area contributed by atoms with Crippen molar-refractivity contribution >= 4 is 17.4 Å². The number of aliphatic hydroxyl groups excluding tert-OH is 1. The molecule has 5 nitrogen and oxygen atoms in total. The van der Waals surface area contributed by atoms with Crippen LogP contribution in [-0.4, -0.2) is 35.4 Å². The molecule has 5 heteroatoms. The number of rotatable bonds is 6. The van der Waals surface area contributed by atoms with Crippen molar-refractivity contribution in [3.8, 4) is 5.75 Å². The summed E-state index contributed by atoms with van der Waals surface area (Å²) in [6.07, 6.45) is 1.66. The van der Waals surface area contributed by atoms with E-state index in [2.05, 4.69) is 0 Å². The molecule has 140 valence electrons. The number of para-hydroxylation sites is 1. The zero-order chi connectivity index (χ0) is 19.4. The number of ketones is 1. The normalized spacial score (nSPS) is 18.7. The highest BCUT2D eigenvalue weighted by atomic mass is 16.5. The van der Waals surface area contributed by atoms with Gasteiger partial charge in [0.2, 0.25) is 0 Å². The number of amides is 1. The van der Waals surface area contributed by atoms with Gasteiger partial charge in [0, 0.05) is 17.7 Å². The van der Waals surface area contributed by atoms with E-state index in [1.165, 1.54) is 4.90 Å². The maximum atomic E-state index is 12.8. The van der Waals surface area contributed by atoms with Crippen LogP contribution in [0.4, 0.5) is 0 Å². The molecule has 2 aromatic carbocycles. The SMILES string of the molecule is CCCCN1C(=O)C(=O)/C(=C(\O)c2ccccc2)C1c1ccccc1OC. The Morgan fingerprint density at radius 2 is 1.74 bits per heavy atom. The number of aliphatic hydroxyl groups is 1. The summed E-state index contributed by atoms with van der Waals surface area (Å²) >= 11 is 0. The molecular formula is C22H23NO4. The Bertz CT molecular complexity index is 873. The van der Waals surface area contributed by atoms with Gasteiger partial charge in [-0.25, -0.2) is 0 Å². The molecule has 1 aliphatic rings. The first-order valence-corrected chi connectivity index (χ1v) is 9.06. The van der Waals surface area contributed by atoms with E-state index in [-0.39, 0.29) is 11.3 Å². The Labute approximate surface area is 158 Å². The fourth-order valence-electron chi connectivity index (χ4n) is 3.41. The van der Waals surface area contributed by atoms with Crippen molar-refractivity contribution in [2.75, 3.05) is 13.7 Å². The molecule has 1 fully saturated rings. The number of carbonyl (C=O) groups excluding carboxylic acids is 2. The van der Waals surface area contributed by atoms with Crippen LogP contribution >= 0.6 is 0 Å². The van der Waals surface area contributed by atoms with E-state index >= 15 is 0 Å². The monoisotopic (exact) mass is 365 g/mol. The van der Waals surface area contributed by atoms with Gasteiger partial charge in [-0.2, -0.15) is 0 Å². The highest BCUT2D eigenvalue weighted by Gasteiger charge is 2.46. The quantitative estimate of drug-likeness (QED) is 0.479. The number of likely N-dealkylation sites (tertiary alicyclic amines) is 1. The van der Waals surface area contributed by atoms with Crippen LogP contribution < -0.4 is 4.74 Å². The first-order valence-electron chi connectivity index (χ1n) is 9.06. The summed E-state index contributed by atoms with van der Waals surface area (Å²) in [7, 11) is 1.55. The number of benzene rings is 2. The molecule has 0 saturated carbocycles. The summed E-state index contributed by atoms with van der Waals surface area (Å²) in [4.78, 5) is 27.1. The first kappa shape index (κ1) is 18.7. The van der Waals surface area contributed by atoms with Gasteiger partial charge in [0.05, 0.1) is 18.7 Å². The summed E-state index contributed by atoms with van der Waals surface area (Å²) in [6.45, 7) is 2.47. The van der Waals surface area contributed by atoms with Gasteiger partial charge in [0.25, 0.3) is 11.7 Å². The Kier molecular flexibility index (Phi) is 5.60. The highest BCUT2D eigenvalue weighted by Crippen LogP contribution is 2.42. The minimum absolute atomic E-state index is 0.104. The lowest BCUT2D eigenvalue weighted by atomic mass is 9.94. The fraction of sp³-hybridized carbons (Fsp3) is 0.273. The van der Waals surface area contributed by atoms with E-state index in [4.69, 9.17) is 4.74 Å². The van der Waals surface area contributed by atoms with Crippen LogP contribution in [-0.2, 0) is 9.59 Å². The van der Waals surface area contributed by atoms with Crippen molar-refractivity contribution in [1.82, 2.24) is 4.90 Å². The molecular weight excluding hydrogens is 342 g/mol. The maximum absolute atomic E-state index is 12.8. The second kappa shape index (κ2) is 8.08. The number of hydrogen-bond acceptors (Lipinski definition) is 4. The van der Waals surface area contributed by atoms with Gasteiger partial charge in [-0.3, -0.25) is 9.59 Å². The van der Waals surface area contributed by atoms with Gasteiger partial charge in [-0.15, -0.1) is 0 Å². The highest BCUT2D eigenvalue weighted by molar-refractivity contribution is 6.46. The zero-order valence-corrected chi connectivity index (χ0v) is 15.5. The van der Waals surface area contributed by atoms with E-state index in [9.17, 15) is 14.7 Å². The predicted octanol–water partition coefficient (Wildman–Crippen LogP) is 3.92. The smallest absolute Gasteiger partial charge is 0.295 e. The lowest BCUT2D eigenvalue weighted by Gasteiger charge is -2.26. The van der Waals surface area contributed by atoms with Gasteiger partial charge >= 0.3 is 0 Å². The van der Waals surface area contributed by atoms with Gasteiger partial charge < -0.3 is 14.7 Å². The Morgan fingerprint density at radius 3 is 2.41 bits per heavy atom. The molecule has 1 atom stereocenters. The molecule has 0 aliphatic carbocycles. The summed E-state index contributed by atoms with van der Waals surface area (Å²) in [5, 5.41) is 10.9. The van der Waals surface area contributed by atoms with Crippen LogP contribution in [0, 0.1) is 0 Å². The number of Topliss-reactive ketones (excluding diaryl/α,β-unsaturated/α-hetero) is 1. The van der Waals surface area contributed by atoms with E-state index < -0.39 is 17.7 Å². The van der Waals surface area contributed by atoms with E-state index in [0.717, 1.165) is 12.8 Å². The fourth-order valence-corrected chi connectivity index (χ4v) is 3.41. The summed E-state index contributed by atoms with van der Waals surface area (Å²) in [5.41, 5.74) is 1.30. The van der Waals surface area contributed by atoms with Crippen LogP contribution in [0.3, 0.4) is 0 Å². The molecule has 3 rings (SSSR count). The molecule has 0 radical (unpaired) electrons. The molecule has 1 amide bonds. The topological polar surface area (TPSA) is 66.8 Å². The number of carbonyl (C=O) groups is 2. The average Bonchev–Trinajstić information content (AvgIpc) is 2.96. The van der Waals surface area contributed by atoms with Crippen molar-refractivity contribution in [1.29, 1.82) is 0 Å². The minimum Gasteiger partial charge on any atom is -0.507 e. The number of methoxy groups -OCH3 is 1. The third-order valence-corrected chi connectivity index (χ3v) is 4.77. The Balaban J connectivity index is 2.20. The summed E-state index contributed by atoms with van der Waals surface area (Å²) in [5.74, 6) is -0.839. The number of ether oxygens (including phenoxy) is 1. The predicted molar refractivity (Wildman–Crippen MR) is 103 cm³/mol. The maximum Gasteiger partial charge on any atom is 0.295 e. The van der Waals surface area contributed by atoms with Crippen LogP contribution in [0.2, 0.25) is 0 Å². The van der Waals surface area contributed by atoms with Crippen molar-refractivity contribution in [2.24, 2.45) is 0 Å². The van der Waals surface area contributed by atoms with Crippen LogP contribution in [0.15, 0.2) is 60.2 Å². The zero-order valence-electron chi connectivity index (χ0n) is 15.5. The van der Waals surface area contributed by atoms with Gasteiger partial charge in [-0.05, 0) is 12.5 Å². The molecule has 1 unspecified atom stereocenters. The number of unbranched alkanes of at least 4 members (excludes halogenated alkanes) is 1. The molecule has 0 bridgehead atoms. The average molecular weight is 365 g/mol. The first-order chi connectivity index (χ1) is 13.1. The van der Waals surface area contributed by atoms with Crippen molar-refractivity contribution < 1.29 is 19.4 Å². The molecule has 1 N–H and O–H groups in total. The third kappa shape index (κ3) is 3.45. The standard InChI is InChI=1S/C22H23NO4/c1-3-4-14-23-19(16-12-8-9-13-17(16)27-2)18(21(25)22(23)26)20(24)15-10-6-5-7-11-15/h5-13,19,24H,3-4,14H2,1-2H3/b20-18-. The van der Waals surface area contributed by atoms with Gasteiger partial charge in [0.1, 0.15) is 11.5 Å². The van der Waals surface area contributed by atoms with Crippen molar-refractivity contribution in [3.63, 3.8) is 0 Å². The van der Waals surface area contributed by atoms with Gasteiger partial charge in [-0.1, -0.05) is 61.9 Å². The molecule has 27 heavy (non-hydrogen) atoms. The van der Waals surface area contributed by atoms with Crippen molar-refractivity contribution in [2.45, 2.75) is 25.8 Å². The number of nitrogens with zero attached hydrogens (tertiary/aromatic N) is 1. The molecule has 1 aliphatic heterocycles. The Hall–Kier alpha value is -3.08. The second-order valence-electron chi connectivity index (χ2n) is 6.45. The van der Waals surface area contributed by atoms with E-state index in [1.807, 2.05) is 31.2 Å². The van der Waals surface area contributed by atoms with E-state index in [1.54, 1.807) is 37.4 Å². The van der Waals surface area contributed by atoms with Crippen LogP contribution in [0.5, 0.6) is 5.75 Å². The third-order valence-electron chi connectivity index (χ3n) is 4.77. The van der Waals surface area contributed by atoms with Crippen LogP contribution in [0.25, 0.3) is 5.76 Å². The lowest BCUT2D eigenvalue weighted by molar-refractivity contribution is -0.139. The lowest BCUT2D eigenvalue weighted by Crippen LogP contribution is -2.30. The Morgan fingerprint density at radius 1 is 1.07 bits per heavy atom. The van der Waals surface area contributed by atoms with Crippen LogP contribution in [0.1, 0.15) is 36.9 Å². The number of hydrogen-bond donors (Lipinski definition) is 1. The van der Waals surface area contributed by atoms with E-state index in [0.29, 0.717) is 23.4 Å². The molecule has 0 spiro atoms. The summed E-state index contributed by atoms with van der Waals surface area (Å²) in [6, 6.07) is 15.4. The summed E-state index contributed by atoms with van der Waals surface area (Å²) < 4.78 is 5.46. The largest absolute Gasteiger partial charge is 0.507 e. The second-order valence-corrected chi connectivity index (χ2v) is 6.45. The minimum atomic E-state index is -0.673. The molecule has 1 heterocycles.